The summed E-state index contributed by atoms with van der Waals surface area (Å²) in [4.78, 5) is 23.1. The Kier molecular flexibility index (Phi) is 5.45. The number of carboxylic acids is 1. The second-order valence-corrected chi connectivity index (χ2v) is 5.70. The van der Waals surface area contributed by atoms with E-state index in [0.717, 1.165) is 6.42 Å². The first-order valence-electron chi connectivity index (χ1n) is 6.54. The fourth-order valence-electron chi connectivity index (χ4n) is 2.28. The molecule has 5 nitrogen and oxygen atoms in total. The molecule has 1 heterocycles. The summed E-state index contributed by atoms with van der Waals surface area (Å²) in [5.74, 6) is -2.69. The average Bonchev–Trinajstić information content (AvgIpc) is 2.92. The predicted octanol–water partition coefficient (Wildman–Crippen LogP) is 1.87. The molecule has 1 aromatic carbocycles. The highest BCUT2D eigenvalue weighted by Crippen LogP contribution is 2.27. The van der Waals surface area contributed by atoms with Crippen LogP contribution in [0.4, 0.5) is 5.69 Å². The van der Waals surface area contributed by atoms with Crippen molar-refractivity contribution in [3.05, 3.63) is 28.2 Å². The van der Waals surface area contributed by atoms with Gasteiger partial charge < -0.3 is 20.0 Å². The molecule has 0 bridgehead atoms. The molecular weight excluding hydrogens is 317 g/mol. The van der Waals surface area contributed by atoms with Gasteiger partial charge in [-0.1, -0.05) is 23.2 Å². The Labute approximate surface area is 132 Å². The van der Waals surface area contributed by atoms with Crippen LogP contribution in [0.5, 0.6) is 0 Å². The van der Waals surface area contributed by atoms with Gasteiger partial charge in [0.2, 0.25) is 5.91 Å². The monoisotopic (exact) mass is 330 g/mol. The number of hydrogen-bond donors (Lipinski definition) is 1. The van der Waals surface area contributed by atoms with Gasteiger partial charge in [-0.15, -0.1) is 0 Å². The lowest BCUT2D eigenvalue weighted by Gasteiger charge is -2.23. The number of carbonyl (C=O) groups is 2. The number of hydrogen-bond acceptors (Lipinski definition) is 4. The van der Waals surface area contributed by atoms with Gasteiger partial charge in [0, 0.05) is 29.9 Å². The van der Waals surface area contributed by atoms with Gasteiger partial charge in [0.25, 0.3) is 0 Å². The van der Waals surface area contributed by atoms with Crippen LogP contribution >= 0.6 is 23.2 Å². The second-order valence-electron chi connectivity index (χ2n) is 4.85. The number of rotatable bonds is 5. The largest absolute Gasteiger partial charge is 0.550 e. The molecule has 2 rings (SSSR count). The van der Waals surface area contributed by atoms with Crippen molar-refractivity contribution in [2.75, 3.05) is 11.9 Å². The lowest BCUT2D eigenvalue weighted by Crippen LogP contribution is -2.40. The van der Waals surface area contributed by atoms with E-state index in [0.29, 0.717) is 23.7 Å². The van der Waals surface area contributed by atoms with Crippen LogP contribution in [0.1, 0.15) is 19.3 Å². The summed E-state index contributed by atoms with van der Waals surface area (Å²) in [7, 11) is 0. The van der Waals surface area contributed by atoms with Gasteiger partial charge in [-0.05, 0) is 31.0 Å². The Morgan fingerprint density at radius 1 is 1.43 bits per heavy atom. The standard InChI is InChI=1S/C14H15Cl2NO4/c15-8-3-4-11(10(16)6-8)17-13(18)7-9(14(19)20)12-2-1-5-21-12/h3-4,6,9,12H,1-2,5,7H2,(H,17,18)(H,19,20)/p-1/t9-,12-/m1/s1. The van der Waals surface area contributed by atoms with Crippen molar-refractivity contribution in [3.63, 3.8) is 0 Å². The average molecular weight is 331 g/mol. The predicted molar refractivity (Wildman–Crippen MR) is 77.2 cm³/mol. The molecule has 0 spiro atoms. The van der Waals surface area contributed by atoms with Crippen molar-refractivity contribution < 1.29 is 19.4 Å². The Morgan fingerprint density at radius 2 is 2.19 bits per heavy atom. The second kappa shape index (κ2) is 7.11. The highest BCUT2D eigenvalue weighted by molar-refractivity contribution is 6.36. The molecule has 2 atom stereocenters. The summed E-state index contributed by atoms with van der Waals surface area (Å²) in [5.41, 5.74) is 0.385. The molecule has 0 radical (unpaired) electrons. The maximum Gasteiger partial charge on any atom is 0.225 e. The molecule has 0 aromatic heterocycles. The van der Waals surface area contributed by atoms with E-state index >= 15 is 0 Å². The van der Waals surface area contributed by atoms with Crippen LogP contribution in [0.3, 0.4) is 0 Å². The summed E-state index contributed by atoms with van der Waals surface area (Å²) < 4.78 is 5.32. The molecule has 0 aliphatic carbocycles. The van der Waals surface area contributed by atoms with E-state index < -0.39 is 23.9 Å². The van der Waals surface area contributed by atoms with Gasteiger partial charge in [-0.2, -0.15) is 0 Å². The summed E-state index contributed by atoms with van der Waals surface area (Å²) in [5, 5.41) is 14.5. The van der Waals surface area contributed by atoms with Gasteiger partial charge in [0.15, 0.2) is 0 Å². The quantitative estimate of drug-likeness (QED) is 0.893. The van der Waals surface area contributed by atoms with Crippen molar-refractivity contribution in [2.24, 2.45) is 5.92 Å². The molecule has 1 N–H and O–H groups in total. The molecule has 21 heavy (non-hydrogen) atoms. The maximum absolute atomic E-state index is 12.0. The van der Waals surface area contributed by atoms with Crippen molar-refractivity contribution in [2.45, 2.75) is 25.4 Å². The first-order valence-corrected chi connectivity index (χ1v) is 7.30. The van der Waals surface area contributed by atoms with Crippen molar-refractivity contribution in [1.82, 2.24) is 0 Å². The van der Waals surface area contributed by atoms with Crippen molar-refractivity contribution in [3.8, 4) is 0 Å². The highest BCUT2D eigenvalue weighted by Gasteiger charge is 2.29. The van der Waals surface area contributed by atoms with E-state index in [9.17, 15) is 14.7 Å². The third kappa shape index (κ3) is 4.33. The molecule has 1 fully saturated rings. The maximum atomic E-state index is 12.0. The number of nitrogens with one attached hydrogen (secondary N) is 1. The molecule has 1 aromatic rings. The zero-order valence-electron chi connectivity index (χ0n) is 11.1. The number of benzene rings is 1. The fourth-order valence-corrected chi connectivity index (χ4v) is 2.73. The normalized spacial score (nSPS) is 19.2. The van der Waals surface area contributed by atoms with Gasteiger partial charge in [0.05, 0.1) is 16.8 Å². The van der Waals surface area contributed by atoms with E-state index in [4.69, 9.17) is 27.9 Å². The molecule has 1 aliphatic heterocycles. The molecule has 1 aliphatic rings. The van der Waals surface area contributed by atoms with Gasteiger partial charge in [-0.3, -0.25) is 4.79 Å². The van der Waals surface area contributed by atoms with Gasteiger partial charge >= 0.3 is 0 Å². The number of halogens is 2. The number of amides is 1. The first kappa shape index (κ1) is 16.1. The summed E-state index contributed by atoms with van der Waals surface area (Å²) in [6, 6.07) is 4.64. The summed E-state index contributed by atoms with van der Waals surface area (Å²) in [6.07, 6.45) is 0.722. The minimum Gasteiger partial charge on any atom is -0.550 e. The molecule has 1 saturated heterocycles. The van der Waals surface area contributed by atoms with Crippen LogP contribution in [-0.4, -0.2) is 24.6 Å². The molecule has 7 heteroatoms. The molecule has 0 unspecified atom stereocenters. The number of anilines is 1. The molecule has 0 saturated carbocycles. The van der Waals surface area contributed by atoms with Crippen LogP contribution < -0.4 is 10.4 Å². The number of carbonyl (C=O) groups excluding carboxylic acids is 2. The highest BCUT2D eigenvalue weighted by atomic mass is 35.5. The molecule has 1 amide bonds. The number of ether oxygens (including phenoxy) is 1. The summed E-state index contributed by atoms with van der Waals surface area (Å²) in [6.45, 7) is 0.513. The van der Waals surface area contributed by atoms with E-state index in [-0.39, 0.29) is 11.4 Å². The van der Waals surface area contributed by atoms with Crippen molar-refractivity contribution >= 4 is 40.8 Å². The van der Waals surface area contributed by atoms with E-state index in [1.165, 1.54) is 6.07 Å². The zero-order chi connectivity index (χ0) is 15.4. The first-order chi connectivity index (χ1) is 9.97. The minimum atomic E-state index is -1.28. The van der Waals surface area contributed by atoms with Crippen LogP contribution in [0, 0.1) is 5.92 Å². The van der Waals surface area contributed by atoms with Crippen LogP contribution in [-0.2, 0) is 14.3 Å². The van der Waals surface area contributed by atoms with Crippen LogP contribution in [0.25, 0.3) is 0 Å². The van der Waals surface area contributed by atoms with E-state index in [2.05, 4.69) is 5.32 Å². The SMILES string of the molecule is O=C(C[C@@H](C(=O)[O-])[C@H]1CCCO1)Nc1ccc(Cl)cc1Cl. The fraction of sp³-hybridized carbons (Fsp3) is 0.429. The van der Waals surface area contributed by atoms with Crippen molar-refractivity contribution in [1.29, 1.82) is 0 Å². The molecule has 114 valence electrons. The zero-order valence-corrected chi connectivity index (χ0v) is 12.6. The third-order valence-electron chi connectivity index (χ3n) is 3.33. The topological polar surface area (TPSA) is 78.5 Å². The van der Waals surface area contributed by atoms with E-state index in [1.54, 1.807) is 12.1 Å². The van der Waals surface area contributed by atoms with Crippen LogP contribution in [0.15, 0.2) is 18.2 Å². The van der Waals surface area contributed by atoms with Gasteiger partial charge in [0.1, 0.15) is 0 Å². The van der Waals surface area contributed by atoms with Gasteiger partial charge in [-0.25, -0.2) is 0 Å². The third-order valence-corrected chi connectivity index (χ3v) is 3.87. The Hall–Kier alpha value is -1.30. The Balaban J connectivity index is 2.00. The lowest BCUT2D eigenvalue weighted by atomic mass is 9.96. The Morgan fingerprint density at radius 3 is 2.76 bits per heavy atom. The number of aliphatic carboxylic acids is 1. The van der Waals surface area contributed by atoms with Crippen LogP contribution in [0.2, 0.25) is 10.0 Å². The Bertz CT molecular complexity index is 544. The summed E-state index contributed by atoms with van der Waals surface area (Å²) >= 11 is 11.7. The van der Waals surface area contributed by atoms with E-state index in [1.807, 2.05) is 0 Å². The minimum absolute atomic E-state index is 0.216. The number of carboxylic acid groups (broad SMARTS) is 1. The lowest BCUT2D eigenvalue weighted by molar-refractivity contribution is -0.314. The molecular formula is C14H14Cl2NO4-. The smallest absolute Gasteiger partial charge is 0.225 e.